The minimum Gasteiger partial charge on any atom is -0.277 e. The number of halogens is 5. The average molecular weight is 392 g/mol. The fraction of sp³-hybridized carbons (Fsp3) is 0.133. The summed E-state index contributed by atoms with van der Waals surface area (Å²) in [6.07, 6.45) is -4.43. The molecule has 2 nitrogen and oxygen atoms in total. The van der Waals surface area contributed by atoms with E-state index in [4.69, 9.17) is 11.6 Å². The van der Waals surface area contributed by atoms with Gasteiger partial charge in [-0.3, -0.25) is 5.43 Å². The molecular weight excluding hydrogens is 381 g/mol. The number of benzene rings is 2. The minimum atomic E-state index is -4.43. The van der Waals surface area contributed by atoms with E-state index in [1.54, 1.807) is 6.92 Å². The van der Waals surface area contributed by atoms with Crippen LogP contribution in [0.4, 0.5) is 18.9 Å². The van der Waals surface area contributed by atoms with Crippen LogP contribution in [-0.2, 0) is 6.18 Å². The maximum atomic E-state index is 12.7. The quantitative estimate of drug-likeness (QED) is 0.507. The number of nitrogens with zero attached hydrogens (tertiary/aromatic N) is 1. The van der Waals surface area contributed by atoms with E-state index in [1.165, 1.54) is 6.07 Å². The first kappa shape index (κ1) is 16.8. The van der Waals surface area contributed by atoms with Gasteiger partial charge in [-0.15, -0.1) is 0 Å². The van der Waals surface area contributed by atoms with Crippen molar-refractivity contribution >= 4 is 38.9 Å². The van der Waals surface area contributed by atoms with E-state index in [9.17, 15) is 13.2 Å². The molecule has 0 fully saturated rings. The Bertz CT molecular complexity index is 714. The van der Waals surface area contributed by atoms with Gasteiger partial charge >= 0.3 is 6.18 Å². The number of rotatable bonds is 3. The van der Waals surface area contributed by atoms with Gasteiger partial charge in [-0.05, 0) is 42.8 Å². The molecule has 0 saturated carbocycles. The molecule has 2 aromatic carbocycles. The second kappa shape index (κ2) is 6.71. The van der Waals surface area contributed by atoms with Crippen LogP contribution >= 0.6 is 27.5 Å². The van der Waals surface area contributed by atoms with E-state index >= 15 is 0 Å². The van der Waals surface area contributed by atoms with Crippen LogP contribution in [0.2, 0.25) is 5.02 Å². The maximum Gasteiger partial charge on any atom is 0.416 e. The van der Waals surface area contributed by atoms with Crippen molar-refractivity contribution in [2.45, 2.75) is 13.1 Å². The largest absolute Gasteiger partial charge is 0.416 e. The van der Waals surface area contributed by atoms with Crippen molar-refractivity contribution in [1.29, 1.82) is 0 Å². The normalized spacial score (nSPS) is 12.4. The highest BCUT2D eigenvalue weighted by Crippen LogP contribution is 2.33. The summed E-state index contributed by atoms with van der Waals surface area (Å²) in [5.41, 5.74) is 3.36. The van der Waals surface area contributed by atoms with Gasteiger partial charge in [0.15, 0.2) is 0 Å². The van der Waals surface area contributed by atoms with Gasteiger partial charge in [0, 0.05) is 4.47 Å². The van der Waals surface area contributed by atoms with Crippen molar-refractivity contribution in [3.8, 4) is 0 Å². The fourth-order valence-electron chi connectivity index (χ4n) is 1.71. The predicted molar refractivity (Wildman–Crippen MR) is 86.4 cm³/mol. The number of anilines is 1. The van der Waals surface area contributed by atoms with Gasteiger partial charge < -0.3 is 0 Å². The molecular formula is C15H11BrClF3N2. The molecule has 1 N–H and O–H groups in total. The second-order valence-electron chi connectivity index (χ2n) is 4.51. The summed E-state index contributed by atoms with van der Waals surface area (Å²) in [7, 11) is 0. The van der Waals surface area contributed by atoms with Crippen molar-refractivity contribution < 1.29 is 13.2 Å². The Morgan fingerprint density at radius 1 is 1.18 bits per heavy atom. The summed E-state index contributed by atoms with van der Waals surface area (Å²) >= 11 is 9.24. The molecule has 22 heavy (non-hydrogen) atoms. The zero-order valence-corrected chi connectivity index (χ0v) is 13.7. The van der Waals surface area contributed by atoms with Crippen molar-refractivity contribution in [3.05, 3.63) is 63.1 Å². The Balaban J connectivity index is 2.25. The van der Waals surface area contributed by atoms with E-state index in [0.717, 1.165) is 22.2 Å². The third-order valence-electron chi connectivity index (χ3n) is 2.88. The standard InChI is InChI=1S/C15H11BrClF3N2/c1-9(10-3-2-4-12(16)7-10)21-22-14-8-11(15(18,19)20)5-6-13(14)17/h2-8,22H,1H3/b21-9+. The summed E-state index contributed by atoms with van der Waals surface area (Å²) < 4.78 is 39.0. The summed E-state index contributed by atoms with van der Waals surface area (Å²) in [5.74, 6) is 0. The van der Waals surface area contributed by atoms with Gasteiger partial charge in [-0.25, -0.2) is 0 Å². The Morgan fingerprint density at radius 2 is 1.91 bits per heavy atom. The van der Waals surface area contributed by atoms with Gasteiger partial charge in [-0.1, -0.05) is 39.7 Å². The van der Waals surface area contributed by atoms with Crippen molar-refractivity contribution in [1.82, 2.24) is 0 Å². The Hall–Kier alpha value is -1.53. The second-order valence-corrected chi connectivity index (χ2v) is 5.83. The van der Waals surface area contributed by atoms with Gasteiger partial charge in [0.05, 0.1) is 22.0 Å². The minimum absolute atomic E-state index is 0.103. The molecule has 2 rings (SSSR count). The molecule has 2 aromatic rings. The lowest BCUT2D eigenvalue weighted by Crippen LogP contribution is -2.06. The lowest BCUT2D eigenvalue weighted by molar-refractivity contribution is -0.137. The number of hydrazone groups is 1. The molecule has 7 heteroatoms. The van der Waals surface area contributed by atoms with Crippen LogP contribution in [0.15, 0.2) is 52.0 Å². The molecule has 0 radical (unpaired) electrons. The maximum absolute atomic E-state index is 12.7. The molecule has 0 saturated heterocycles. The van der Waals surface area contributed by atoms with E-state index in [2.05, 4.69) is 26.5 Å². The fourth-order valence-corrected chi connectivity index (χ4v) is 2.27. The molecule has 0 bridgehead atoms. The molecule has 0 heterocycles. The molecule has 0 aromatic heterocycles. The Morgan fingerprint density at radius 3 is 2.55 bits per heavy atom. The van der Waals surface area contributed by atoms with Crippen LogP contribution in [0.3, 0.4) is 0 Å². The zero-order chi connectivity index (χ0) is 16.3. The number of hydrogen-bond acceptors (Lipinski definition) is 2. The van der Waals surface area contributed by atoms with E-state index in [-0.39, 0.29) is 10.7 Å². The zero-order valence-electron chi connectivity index (χ0n) is 11.4. The van der Waals surface area contributed by atoms with Gasteiger partial charge in [-0.2, -0.15) is 18.3 Å². The van der Waals surface area contributed by atoms with Crippen molar-refractivity contribution in [2.75, 3.05) is 5.43 Å². The number of alkyl halides is 3. The first-order valence-corrected chi connectivity index (χ1v) is 7.37. The monoisotopic (exact) mass is 390 g/mol. The van der Waals surface area contributed by atoms with Crippen LogP contribution in [0.1, 0.15) is 18.1 Å². The Kier molecular flexibility index (Phi) is 5.13. The third kappa shape index (κ3) is 4.24. The molecule has 0 spiro atoms. The number of hydrogen-bond donors (Lipinski definition) is 1. The van der Waals surface area contributed by atoms with Crippen molar-refractivity contribution in [3.63, 3.8) is 0 Å². The lowest BCUT2D eigenvalue weighted by Gasteiger charge is -2.10. The van der Waals surface area contributed by atoms with E-state index in [1.807, 2.05) is 24.3 Å². The predicted octanol–water partition coefficient (Wildman–Crippen LogP) is 5.96. The molecule has 0 unspecified atom stereocenters. The van der Waals surface area contributed by atoms with E-state index in [0.29, 0.717) is 5.71 Å². The highest BCUT2D eigenvalue weighted by atomic mass is 79.9. The summed E-state index contributed by atoms with van der Waals surface area (Å²) in [6.45, 7) is 1.75. The first-order valence-electron chi connectivity index (χ1n) is 6.20. The molecule has 0 aliphatic carbocycles. The van der Waals surface area contributed by atoms with Crippen LogP contribution in [0.25, 0.3) is 0 Å². The highest BCUT2D eigenvalue weighted by molar-refractivity contribution is 9.10. The van der Waals surface area contributed by atoms with Crippen LogP contribution in [-0.4, -0.2) is 5.71 Å². The van der Waals surface area contributed by atoms with Crippen molar-refractivity contribution in [2.24, 2.45) is 5.10 Å². The lowest BCUT2D eigenvalue weighted by atomic mass is 10.1. The molecule has 0 amide bonds. The smallest absolute Gasteiger partial charge is 0.277 e. The van der Waals surface area contributed by atoms with Gasteiger partial charge in [0.25, 0.3) is 0 Å². The third-order valence-corrected chi connectivity index (χ3v) is 3.70. The van der Waals surface area contributed by atoms with Crippen LogP contribution < -0.4 is 5.43 Å². The van der Waals surface area contributed by atoms with Crippen LogP contribution in [0, 0.1) is 0 Å². The first-order chi connectivity index (χ1) is 10.3. The highest BCUT2D eigenvalue weighted by Gasteiger charge is 2.30. The average Bonchev–Trinajstić information content (AvgIpc) is 2.44. The molecule has 116 valence electrons. The van der Waals surface area contributed by atoms with E-state index < -0.39 is 11.7 Å². The molecule has 0 atom stereocenters. The topological polar surface area (TPSA) is 24.4 Å². The van der Waals surface area contributed by atoms with Crippen LogP contribution in [0.5, 0.6) is 0 Å². The summed E-state index contributed by atoms with van der Waals surface area (Å²) in [5, 5.41) is 4.25. The molecule has 0 aliphatic rings. The SMILES string of the molecule is C/C(=N\Nc1cc(C(F)(F)F)ccc1Cl)c1cccc(Br)c1. The summed E-state index contributed by atoms with van der Waals surface area (Å²) in [6, 6.07) is 10.5. The summed E-state index contributed by atoms with van der Waals surface area (Å²) in [4.78, 5) is 0. The van der Waals surface area contributed by atoms with Gasteiger partial charge in [0.2, 0.25) is 0 Å². The van der Waals surface area contributed by atoms with Gasteiger partial charge in [0.1, 0.15) is 0 Å². The Labute approximate surface area is 139 Å². The number of nitrogens with one attached hydrogen (secondary N) is 1. The molecule has 0 aliphatic heterocycles.